The van der Waals surface area contributed by atoms with Crippen LogP contribution in [0.4, 0.5) is 0 Å². The third-order valence-electron chi connectivity index (χ3n) is 2.22. The van der Waals surface area contributed by atoms with Crippen LogP contribution in [0.2, 0.25) is 0 Å². The molecular formula is C11H11NO2. The van der Waals surface area contributed by atoms with E-state index in [4.69, 9.17) is 4.74 Å². The number of para-hydroxylation sites is 1. The Hall–Kier alpha value is -1.77. The van der Waals surface area contributed by atoms with Gasteiger partial charge in [-0.3, -0.25) is 4.79 Å². The number of carbonyl (C=O) groups excluding carboxylic acids is 1. The number of fused-ring (bicyclic) bond motifs is 1. The molecule has 3 heteroatoms. The fraction of sp³-hybridized carbons (Fsp3) is 0.182. The third kappa shape index (κ3) is 1.27. The van der Waals surface area contributed by atoms with E-state index in [1.807, 2.05) is 24.3 Å². The first kappa shape index (κ1) is 8.81. The van der Waals surface area contributed by atoms with Crippen LogP contribution in [0, 0.1) is 0 Å². The van der Waals surface area contributed by atoms with Crippen molar-refractivity contribution in [2.24, 2.45) is 0 Å². The second-order valence-corrected chi connectivity index (χ2v) is 3.16. The summed E-state index contributed by atoms with van der Waals surface area (Å²) in [6.45, 7) is 1.54. The van der Waals surface area contributed by atoms with Crippen molar-refractivity contribution in [1.82, 2.24) is 4.98 Å². The Morgan fingerprint density at radius 2 is 2.21 bits per heavy atom. The highest BCUT2D eigenvalue weighted by Crippen LogP contribution is 2.25. The molecule has 14 heavy (non-hydrogen) atoms. The predicted octanol–water partition coefficient (Wildman–Crippen LogP) is 2.38. The standard InChI is InChI=1S/C11H11NO2/c1-7(13)9-6-8-4-3-5-10(14-2)11(8)12-9/h3-6,12H,1-2H3. The zero-order chi connectivity index (χ0) is 10.1. The molecule has 0 bridgehead atoms. The molecule has 0 aliphatic heterocycles. The molecule has 0 atom stereocenters. The van der Waals surface area contributed by atoms with Crippen LogP contribution < -0.4 is 4.74 Å². The van der Waals surface area contributed by atoms with Gasteiger partial charge in [0.25, 0.3) is 0 Å². The summed E-state index contributed by atoms with van der Waals surface area (Å²) in [5.74, 6) is 0.790. The highest BCUT2D eigenvalue weighted by Gasteiger charge is 2.07. The van der Waals surface area contributed by atoms with Crippen LogP contribution in [0.3, 0.4) is 0 Å². The maximum Gasteiger partial charge on any atom is 0.175 e. The maximum atomic E-state index is 11.1. The zero-order valence-electron chi connectivity index (χ0n) is 8.13. The van der Waals surface area contributed by atoms with Gasteiger partial charge in [-0.25, -0.2) is 0 Å². The normalized spacial score (nSPS) is 10.4. The SMILES string of the molecule is COc1cccc2cc(C(C)=O)[nH]c12. The molecule has 0 radical (unpaired) electrons. The minimum atomic E-state index is 0.0308. The summed E-state index contributed by atoms with van der Waals surface area (Å²) in [5, 5.41) is 0.995. The van der Waals surface area contributed by atoms with Gasteiger partial charge in [0, 0.05) is 12.3 Å². The second kappa shape index (κ2) is 3.18. The molecule has 0 unspecified atom stereocenters. The number of methoxy groups -OCH3 is 1. The van der Waals surface area contributed by atoms with Crippen LogP contribution in [0.5, 0.6) is 5.75 Å². The molecule has 2 aromatic rings. The Kier molecular flexibility index (Phi) is 2.00. The van der Waals surface area contributed by atoms with Gasteiger partial charge in [0.15, 0.2) is 5.78 Å². The number of H-pyrrole nitrogens is 1. The number of ketones is 1. The van der Waals surface area contributed by atoms with E-state index in [0.717, 1.165) is 16.7 Å². The molecular weight excluding hydrogens is 178 g/mol. The van der Waals surface area contributed by atoms with Crippen LogP contribution in [0.1, 0.15) is 17.4 Å². The molecule has 0 amide bonds. The van der Waals surface area contributed by atoms with E-state index in [-0.39, 0.29) is 5.78 Å². The van der Waals surface area contributed by atoms with Crippen molar-refractivity contribution in [2.45, 2.75) is 6.92 Å². The van der Waals surface area contributed by atoms with Gasteiger partial charge in [-0.15, -0.1) is 0 Å². The third-order valence-corrected chi connectivity index (χ3v) is 2.22. The summed E-state index contributed by atoms with van der Waals surface area (Å²) in [4.78, 5) is 14.2. The van der Waals surface area contributed by atoms with E-state index in [0.29, 0.717) is 5.69 Å². The van der Waals surface area contributed by atoms with Gasteiger partial charge >= 0.3 is 0 Å². The van der Waals surface area contributed by atoms with Crippen LogP contribution in [0.15, 0.2) is 24.3 Å². The van der Waals surface area contributed by atoms with Crippen LogP contribution >= 0.6 is 0 Å². The van der Waals surface area contributed by atoms with Gasteiger partial charge in [-0.1, -0.05) is 12.1 Å². The Labute approximate surface area is 81.7 Å². The number of Topliss-reactive ketones (excluding diaryl/α,β-unsaturated/α-hetero) is 1. The highest BCUT2D eigenvalue weighted by atomic mass is 16.5. The molecule has 0 spiro atoms. The monoisotopic (exact) mass is 189 g/mol. The van der Waals surface area contributed by atoms with E-state index >= 15 is 0 Å². The lowest BCUT2D eigenvalue weighted by Crippen LogP contribution is -1.90. The van der Waals surface area contributed by atoms with E-state index in [1.54, 1.807) is 7.11 Å². The summed E-state index contributed by atoms with van der Waals surface area (Å²) in [6, 6.07) is 7.54. The van der Waals surface area contributed by atoms with Gasteiger partial charge in [0.2, 0.25) is 0 Å². The summed E-state index contributed by atoms with van der Waals surface area (Å²) >= 11 is 0. The van der Waals surface area contributed by atoms with Crippen molar-refractivity contribution in [3.8, 4) is 5.75 Å². The molecule has 2 rings (SSSR count). The maximum absolute atomic E-state index is 11.1. The molecule has 1 aromatic carbocycles. The largest absolute Gasteiger partial charge is 0.495 e. The van der Waals surface area contributed by atoms with E-state index < -0.39 is 0 Å². The molecule has 72 valence electrons. The molecule has 1 heterocycles. The number of nitrogens with one attached hydrogen (secondary N) is 1. The minimum Gasteiger partial charge on any atom is -0.495 e. The Bertz CT molecular complexity index is 485. The van der Waals surface area contributed by atoms with Gasteiger partial charge in [-0.2, -0.15) is 0 Å². The Morgan fingerprint density at radius 3 is 2.86 bits per heavy atom. The fourth-order valence-electron chi connectivity index (χ4n) is 1.49. The average Bonchev–Trinajstić information content (AvgIpc) is 2.60. The Morgan fingerprint density at radius 1 is 1.43 bits per heavy atom. The molecule has 3 nitrogen and oxygen atoms in total. The molecule has 1 aromatic heterocycles. The fourth-order valence-corrected chi connectivity index (χ4v) is 1.49. The number of aromatic nitrogens is 1. The summed E-state index contributed by atoms with van der Waals surface area (Å²) in [5.41, 5.74) is 1.49. The van der Waals surface area contributed by atoms with Gasteiger partial charge in [-0.05, 0) is 12.1 Å². The molecule has 0 saturated heterocycles. The minimum absolute atomic E-state index is 0.0308. The highest BCUT2D eigenvalue weighted by molar-refractivity contribution is 5.99. The zero-order valence-corrected chi connectivity index (χ0v) is 8.13. The average molecular weight is 189 g/mol. The van der Waals surface area contributed by atoms with Gasteiger partial charge in [0.1, 0.15) is 5.75 Å². The molecule has 0 aliphatic carbocycles. The smallest absolute Gasteiger partial charge is 0.175 e. The lowest BCUT2D eigenvalue weighted by Gasteiger charge is -1.99. The van der Waals surface area contributed by atoms with Crippen molar-refractivity contribution in [1.29, 1.82) is 0 Å². The first-order valence-electron chi connectivity index (χ1n) is 4.39. The number of ether oxygens (including phenoxy) is 1. The van der Waals surface area contributed by atoms with Crippen molar-refractivity contribution in [2.75, 3.05) is 7.11 Å². The van der Waals surface area contributed by atoms with E-state index in [9.17, 15) is 4.79 Å². The number of hydrogen-bond donors (Lipinski definition) is 1. The van der Waals surface area contributed by atoms with E-state index in [2.05, 4.69) is 4.98 Å². The molecule has 0 saturated carbocycles. The summed E-state index contributed by atoms with van der Waals surface area (Å²) in [7, 11) is 1.61. The van der Waals surface area contributed by atoms with Gasteiger partial charge < -0.3 is 9.72 Å². The topological polar surface area (TPSA) is 42.1 Å². The number of rotatable bonds is 2. The molecule has 0 aliphatic rings. The van der Waals surface area contributed by atoms with Crippen LogP contribution in [-0.2, 0) is 0 Å². The first-order valence-corrected chi connectivity index (χ1v) is 4.39. The van der Waals surface area contributed by atoms with Crippen LogP contribution in [0.25, 0.3) is 10.9 Å². The lowest BCUT2D eigenvalue weighted by atomic mass is 10.2. The second-order valence-electron chi connectivity index (χ2n) is 3.16. The first-order chi connectivity index (χ1) is 6.72. The number of benzene rings is 1. The van der Waals surface area contributed by atoms with Crippen molar-refractivity contribution >= 4 is 16.7 Å². The van der Waals surface area contributed by atoms with E-state index in [1.165, 1.54) is 6.92 Å². The summed E-state index contributed by atoms with van der Waals surface area (Å²) in [6.07, 6.45) is 0. The number of hydrogen-bond acceptors (Lipinski definition) is 2. The molecule has 0 fully saturated rings. The number of carbonyl (C=O) groups is 1. The van der Waals surface area contributed by atoms with Crippen LogP contribution in [-0.4, -0.2) is 17.9 Å². The predicted molar refractivity (Wildman–Crippen MR) is 54.9 cm³/mol. The number of aromatic amines is 1. The van der Waals surface area contributed by atoms with Crippen molar-refractivity contribution in [3.63, 3.8) is 0 Å². The lowest BCUT2D eigenvalue weighted by molar-refractivity contribution is 0.101. The quantitative estimate of drug-likeness (QED) is 0.737. The Balaban J connectivity index is 2.70. The molecule has 1 N–H and O–H groups in total. The van der Waals surface area contributed by atoms with Gasteiger partial charge in [0.05, 0.1) is 18.3 Å². The summed E-state index contributed by atoms with van der Waals surface area (Å²) < 4.78 is 5.18. The van der Waals surface area contributed by atoms with Crippen molar-refractivity contribution < 1.29 is 9.53 Å². The van der Waals surface area contributed by atoms with Crippen molar-refractivity contribution in [3.05, 3.63) is 30.0 Å².